The Balaban J connectivity index is 0.000000225. The Bertz CT molecular complexity index is 3630. The van der Waals surface area contributed by atoms with Gasteiger partial charge in [0.05, 0.1) is 38.6 Å². The molecule has 21 nitrogen and oxygen atoms in total. The van der Waals surface area contributed by atoms with Crippen molar-refractivity contribution in [2.45, 2.75) is 84.3 Å². The van der Waals surface area contributed by atoms with E-state index in [9.17, 15) is 54.4 Å². The Hall–Kier alpha value is -6.24. The maximum Gasteiger partial charge on any atom is 0.262 e. The summed E-state index contributed by atoms with van der Waals surface area (Å²) in [6, 6.07) is 36.5. The lowest BCUT2D eigenvalue weighted by Crippen LogP contribution is -2.56. The number of sulfonamides is 1. The topological polar surface area (TPSA) is 312 Å². The zero-order valence-corrected chi connectivity index (χ0v) is 51.4. The van der Waals surface area contributed by atoms with Crippen molar-refractivity contribution in [1.82, 2.24) is 19.8 Å². The first-order chi connectivity index (χ1) is 41.8. The lowest BCUT2D eigenvalue weighted by molar-refractivity contribution is -0.258. The number of hydrogen-bond donors (Lipinski definition) is 10. The predicted octanol–water partition coefficient (Wildman–Crippen LogP) is 6.00. The number of carbonyl (C=O) groups is 1. The van der Waals surface area contributed by atoms with Crippen LogP contribution in [0, 0.1) is 34.5 Å². The van der Waals surface area contributed by atoms with Crippen molar-refractivity contribution in [2.75, 3.05) is 103 Å². The summed E-state index contributed by atoms with van der Waals surface area (Å²) in [6.45, 7) is 16.5. The monoisotopic (exact) mass is 1260 g/mol. The number of carbonyl (C=O) groups excluding carboxylic acids is 1. The second-order valence-electron chi connectivity index (χ2n) is 22.2. The van der Waals surface area contributed by atoms with Crippen LogP contribution in [-0.2, 0) is 33.8 Å². The van der Waals surface area contributed by atoms with Gasteiger partial charge in [-0.15, -0.1) is 22.7 Å². The highest BCUT2D eigenvalue weighted by Gasteiger charge is 2.43. The van der Waals surface area contributed by atoms with Crippen LogP contribution < -0.4 is 20.7 Å². The minimum absolute atomic E-state index is 0. The van der Waals surface area contributed by atoms with E-state index in [0.29, 0.717) is 10.5 Å². The van der Waals surface area contributed by atoms with Crippen LogP contribution in [0.4, 0.5) is 11.4 Å². The first kappa shape index (κ1) is 67.7. The SMILES string of the molecule is C.C/C(=C(/C#N)C(=O)NC[C@H]1OC(O)[C@H](C)[C@@H](O)[C@@H]1O)c1ccc(-c2ccc3cc(NCCN4CCOCC4)ccc3c2)s1.C/C(=C(/C#N)S(=O)(=O)NC[C@H]1OC(O)[C@H](C)[C@@H](O)[C@@H]1O)c1ccc(-c2ccc3cc(NCCN4CCOCC4)ccc3c2)s1. The van der Waals surface area contributed by atoms with Crippen LogP contribution in [0.5, 0.6) is 0 Å². The van der Waals surface area contributed by atoms with Crippen LogP contribution in [0.3, 0.4) is 0 Å². The molecule has 10 N–H and O–H groups in total. The van der Waals surface area contributed by atoms with Gasteiger partial charge in [-0.05, 0) is 118 Å². The molecule has 4 saturated heterocycles. The third-order valence-electron chi connectivity index (χ3n) is 16.4. The van der Waals surface area contributed by atoms with Crippen molar-refractivity contribution in [2.24, 2.45) is 11.8 Å². The Morgan fingerprint density at radius 3 is 1.48 bits per heavy atom. The van der Waals surface area contributed by atoms with Crippen molar-refractivity contribution in [1.29, 1.82) is 10.5 Å². The summed E-state index contributed by atoms with van der Waals surface area (Å²) >= 11 is 2.87. The summed E-state index contributed by atoms with van der Waals surface area (Å²) in [5, 5.41) is 94.3. The molecule has 4 aliphatic rings. The molecule has 10 atom stereocenters. The number of nitrogens with zero attached hydrogens (tertiary/aromatic N) is 4. The molecule has 1 amide bonds. The molecule has 0 spiro atoms. The molecule has 10 rings (SSSR count). The first-order valence-corrected chi connectivity index (χ1v) is 32.2. The molecule has 472 valence electrons. The maximum atomic E-state index is 13.1. The van der Waals surface area contributed by atoms with Gasteiger partial charge in [0.25, 0.3) is 15.9 Å². The van der Waals surface area contributed by atoms with Crippen molar-refractivity contribution in [3.05, 3.63) is 117 Å². The molecule has 4 fully saturated rings. The van der Waals surface area contributed by atoms with Gasteiger partial charge in [0.2, 0.25) is 0 Å². The van der Waals surface area contributed by atoms with Crippen molar-refractivity contribution in [3.8, 4) is 33.0 Å². The molecule has 2 aromatic heterocycles. The number of fused-ring (bicyclic) bond motifs is 2. The standard InChI is InChI=1S/C32H38N4O6S.C31H38N4O7S2.CH4/c1-19(25(17-33)31(39)35-18-26-30(38)29(37)20(2)32(40)42-26)27-7-8-28(43-27)23-4-3-22-16-24(6-5-21(22)15-23)34-9-10-36-11-13-41-14-12-36;1-19(28(17-32)44(39,40)34-18-25-30(37)29(36)20(2)31(38)42-25)26-7-8-27(43-26)23-4-3-22-16-24(6-5-21(22)15-23)33-9-10-35-11-13-41-14-12-35;/h3-8,15-16,20,26,29-30,32,34,37-38,40H,9-14,18H2,1-2H3,(H,35,39);3-8,15-16,20,25,29-31,33-34,36-38H,9-14,18H2,1-2H3;1H4/b25-19+;28-19+;/t20-,26-,29-,30-,32?;20-,25-,29-,30-,31?;/m11./s1. The molecule has 4 aliphatic heterocycles. The number of anilines is 2. The molecule has 0 saturated carbocycles. The van der Waals surface area contributed by atoms with Gasteiger partial charge in [-0.1, -0.05) is 57.7 Å². The molecule has 6 heterocycles. The number of amides is 1. The normalized spacial score (nSPS) is 25.0. The number of aliphatic hydroxyl groups is 6. The molecule has 0 aliphatic carbocycles. The van der Waals surface area contributed by atoms with Crippen LogP contribution in [0.2, 0.25) is 0 Å². The summed E-state index contributed by atoms with van der Waals surface area (Å²) in [5.74, 6) is -2.02. The minimum atomic E-state index is -4.29. The highest BCUT2D eigenvalue weighted by atomic mass is 32.2. The number of ether oxygens (including phenoxy) is 4. The fourth-order valence-electron chi connectivity index (χ4n) is 10.7. The van der Waals surface area contributed by atoms with Crippen molar-refractivity contribution < 1.29 is 62.8 Å². The van der Waals surface area contributed by atoms with E-state index in [0.717, 1.165) is 137 Å². The quantitative estimate of drug-likeness (QED) is 0.0328. The van der Waals surface area contributed by atoms with E-state index in [-0.39, 0.29) is 25.1 Å². The first-order valence-electron chi connectivity index (χ1n) is 29.1. The van der Waals surface area contributed by atoms with Gasteiger partial charge in [0.1, 0.15) is 42.1 Å². The van der Waals surface area contributed by atoms with Crippen LogP contribution in [-0.4, -0.2) is 196 Å². The largest absolute Gasteiger partial charge is 0.390 e. The summed E-state index contributed by atoms with van der Waals surface area (Å²) in [4.78, 5) is 20.6. The molecular formula is C64H80N8O13S3. The van der Waals surface area contributed by atoms with E-state index in [1.807, 2.05) is 30.3 Å². The van der Waals surface area contributed by atoms with E-state index in [2.05, 4.69) is 97.2 Å². The van der Waals surface area contributed by atoms with Gasteiger partial charge < -0.3 is 65.5 Å². The number of aliphatic hydroxyl groups excluding tert-OH is 6. The summed E-state index contributed by atoms with van der Waals surface area (Å²) in [6.07, 6.45) is -9.98. The van der Waals surface area contributed by atoms with Gasteiger partial charge in [-0.3, -0.25) is 14.6 Å². The van der Waals surface area contributed by atoms with Crippen molar-refractivity contribution >= 4 is 82.7 Å². The molecule has 0 radical (unpaired) electrons. The van der Waals surface area contributed by atoms with Crippen LogP contribution in [0.15, 0.2) is 108 Å². The number of hydrogen-bond acceptors (Lipinski definition) is 21. The zero-order chi connectivity index (χ0) is 61.9. The highest BCUT2D eigenvalue weighted by molar-refractivity contribution is 7.93. The second-order valence-corrected chi connectivity index (χ2v) is 26.1. The fraction of sp³-hybridized carbons (Fsp3) is 0.453. The highest BCUT2D eigenvalue weighted by Crippen LogP contribution is 2.38. The van der Waals surface area contributed by atoms with Gasteiger partial charge in [0, 0.05) is 108 Å². The molecule has 4 aromatic carbocycles. The van der Waals surface area contributed by atoms with E-state index < -0.39 is 88.4 Å². The summed E-state index contributed by atoms with van der Waals surface area (Å²) in [7, 11) is -4.29. The van der Waals surface area contributed by atoms with E-state index in [1.54, 1.807) is 32.9 Å². The van der Waals surface area contributed by atoms with Gasteiger partial charge in [0.15, 0.2) is 17.5 Å². The lowest BCUT2D eigenvalue weighted by atomic mass is 9.92. The number of rotatable bonds is 19. The average molecular weight is 1270 g/mol. The van der Waals surface area contributed by atoms with Gasteiger partial charge in [-0.2, -0.15) is 10.5 Å². The number of morpholine rings is 2. The van der Waals surface area contributed by atoms with Crippen LogP contribution in [0.1, 0.15) is 44.9 Å². The molecular weight excluding hydrogens is 1180 g/mol. The third-order valence-corrected chi connectivity index (χ3v) is 20.3. The average Bonchev–Trinajstić information content (AvgIpc) is 3.70. The summed E-state index contributed by atoms with van der Waals surface area (Å²) in [5.41, 5.74) is 4.92. The number of nitriles is 2. The van der Waals surface area contributed by atoms with E-state index in [1.165, 1.54) is 29.6 Å². The fourth-order valence-corrected chi connectivity index (χ4v) is 14.0. The van der Waals surface area contributed by atoms with Crippen LogP contribution in [0.25, 0.3) is 53.6 Å². The number of nitrogens with one attached hydrogen (secondary N) is 4. The number of allylic oxidation sites excluding steroid dienone is 3. The minimum Gasteiger partial charge on any atom is -0.390 e. The Morgan fingerprint density at radius 2 is 1.02 bits per heavy atom. The summed E-state index contributed by atoms with van der Waals surface area (Å²) < 4.78 is 49.9. The zero-order valence-electron chi connectivity index (χ0n) is 49.0. The van der Waals surface area contributed by atoms with Gasteiger partial charge in [-0.25, -0.2) is 13.1 Å². The molecule has 6 aromatic rings. The molecule has 24 heteroatoms. The Kier molecular flexibility index (Phi) is 23.8. The predicted molar refractivity (Wildman–Crippen MR) is 343 cm³/mol. The molecule has 88 heavy (non-hydrogen) atoms. The second kappa shape index (κ2) is 31.0. The lowest BCUT2D eigenvalue weighted by Gasteiger charge is -2.39. The van der Waals surface area contributed by atoms with Crippen molar-refractivity contribution in [3.63, 3.8) is 0 Å². The van der Waals surface area contributed by atoms with Crippen LogP contribution >= 0.6 is 22.7 Å². The maximum absolute atomic E-state index is 13.1. The van der Waals surface area contributed by atoms with Gasteiger partial charge >= 0.3 is 0 Å². The Labute approximate surface area is 522 Å². The smallest absolute Gasteiger partial charge is 0.262 e. The number of benzene rings is 4. The third kappa shape index (κ3) is 16.6. The van der Waals surface area contributed by atoms with E-state index in [4.69, 9.17) is 18.9 Å². The Morgan fingerprint density at radius 1 is 0.591 bits per heavy atom. The molecule has 2 unspecified atom stereocenters. The van der Waals surface area contributed by atoms with E-state index >= 15 is 0 Å². The number of thiophene rings is 2. The molecule has 0 bridgehead atoms.